The number of rotatable bonds is 25. The first kappa shape index (κ1) is 35.1. The zero-order valence-electron chi connectivity index (χ0n) is 24.0. The lowest BCUT2D eigenvalue weighted by atomic mass is 10.1. The highest BCUT2D eigenvalue weighted by Crippen LogP contribution is 2.08. The van der Waals surface area contributed by atoms with Crippen molar-refractivity contribution in [1.29, 1.82) is 0 Å². The van der Waals surface area contributed by atoms with Crippen molar-refractivity contribution in [3.63, 3.8) is 0 Å². The highest BCUT2D eigenvalue weighted by Gasteiger charge is 2.17. The van der Waals surface area contributed by atoms with Gasteiger partial charge in [-0.3, -0.25) is 4.79 Å². The van der Waals surface area contributed by atoms with Gasteiger partial charge in [-0.2, -0.15) is 0 Å². The Bertz CT molecular complexity index is 648. The minimum atomic E-state index is -0.890. The van der Waals surface area contributed by atoms with Crippen molar-refractivity contribution >= 4 is 5.91 Å². The van der Waals surface area contributed by atoms with Gasteiger partial charge in [0.1, 0.15) is 0 Å². The van der Waals surface area contributed by atoms with E-state index in [2.05, 4.69) is 61.7 Å². The van der Waals surface area contributed by atoms with E-state index in [4.69, 9.17) is 0 Å². The number of unbranched alkanes of at least 4 members (excludes halogenated alkanes) is 10. The zero-order valence-corrected chi connectivity index (χ0v) is 24.0. The van der Waals surface area contributed by atoms with E-state index < -0.39 is 12.1 Å². The normalized spacial score (nSPS) is 14.2. The van der Waals surface area contributed by atoms with Gasteiger partial charge in [-0.1, -0.05) is 120 Å². The second-order valence-electron chi connectivity index (χ2n) is 9.79. The molecule has 0 aliphatic rings. The Balaban J connectivity index is 3.90. The van der Waals surface area contributed by atoms with Gasteiger partial charge in [0.05, 0.1) is 18.8 Å². The van der Waals surface area contributed by atoms with Gasteiger partial charge >= 0.3 is 0 Å². The van der Waals surface area contributed by atoms with Crippen molar-refractivity contribution in [1.82, 2.24) is 5.32 Å². The van der Waals surface area contributed by atoms with E-state index in [0.29, 0.717) is 12.8 Å². The Kier molecular flexibility index (Phi) is 27.2. The highest BCUT2D eigenvalue weighted by molar-refractivity contribution is 5.76. The molecule has 0 aromatic carbocycles. The third kappa shape index (κ3) is 25.5. The number of amides is 1. The topological polar surface area (TPSA) is 69.6 Å². The summed E-state index contributed by atoms with van der Waals surface area (Å²) < 4.78 is 0. The maximum Gasteiger partial charge on any atom is 0.220 e. The van der Waals surface area contributed by atoms with Crippen LogP contribution in [0.25, 0.3) is 0 Å². The largest absolute Gasteiger partial charge is 0.394 e. The van der Waals surface area contributed by atoms with Crippen LogP contribution in [-0.4, -0.2) is 34.9 Å². The second kappa shape index (κ2) is 28.7. The molecule has 2 unspecified atom stereocenters. The van der Waals surface area contributed by atoms with Crippen LogP contribution in [-0.2, 0) is 4.79 Å². The van der Waals surface area contributed by atoms with Crippen LogP contribution < -0.4 is 5.32 Å². The molecular formula is C33H57NO3. The predicted molar refractivity (Wildman–Crippen MR) is 161 cm³/mol. The van der Waals surface area contributed by atoms with E-state index in [-0.39, 0.29) is 12.5 Å². The molecule has 4 nitrogen and oxygen atoms in total. The fraction of sp³-hybridized carbons (Fsp3) is 0.667. The van der Waals surface area contributed by atoms with Gasteiger partial charge < -0.3 is 15.5 Å². The first-order valence-electron chi connectivity index (χ1n) is 15.0. The standard InChI is InChI=1S/C33H57NO3/c1-3-5-7-9-11-13-15-17-19-21-23-25-27-29-33(37)34-31(30-35)32(36)28-26-24-22-20-18-16-14-12-10-8-6-4-2/h10,12,17-20,23,25-26,28,31-32,35-36H,3-9,11,13-16,21-22,24,27,29-30H2,1-2H3,(H,34,37)/b12-10+,19-17-,20-18+,25-23-,28-26+. The first-order valence-corrected chi connectivity index (χ1v) is 15.0. The Labute approximate surface area is 228 Å². The lowest BCUT2D eigenvalue weighted by Gasteiger charge is -2.19. The molecule has 0 aliphatic heterocycles. The highest BCUT2D eigenvalue weighted by atomic mass is 16.3. The summed E-state index contributed by atoms with van der Waals surface area (Å²) in [5, 5.41) is 22.6. The van der Waals surface area contributed by atoms with Crippen LogP contribution in [0.15, 0.2) is 60.8 Å². The van der Waals surface area contributed by atoms with Gasteiger partial charge in [-0.05, 0) is 57.8 Å². The van der Waals surface area contributed by atoms with Gasteiger partial charge in [0.2, 0.25) is 5.91 Å². The molecule has 0 bridgehead atoms. The maximum atomic E-state index is 12.2. The van der Waals surface area contributed by atoms with Crippen LogP contribution in [0.1, 0.15) is 123 Å². The number of carbonyl (C=O) groups is 1. The van der Waals surface area contributed by atoms with Crippen LogP contribution in [0.3, 0.4) is 0 Å². The fourth-order valence-electron chi connectivity index (χ4n) is 3.83. The summed E-state index contributed by atoms with van der Waals surface area (Å²) in [5.74, 6) is -0.151. The van der Waals surface area contributed by atoms with Gasteiger partial charge in [0, 0.05) is 6.42 Å². The van der Waals surface area contributed by atoms with Gasteiger partial charge in [-0.25, -0.2) is 0 Å². The van der Waals surface area contributed by atoms with E-state index in [0.717, 1.165) is 38.5 Å². The number of aliphatic hydroxyl groups is 2. The molecule has 37 heavy (non-hydrogen) atoms. The molecule has 0 saturated carbocycles. The summed E-state index contributed by atoms with van der Waals surface area (Å²) in [6.45, 7) is 4.17. The number of aliphatic hydroxyl groups excluding tert-OH is 2. The molecule has 1 amide bonds. The smallest absolute Gasteiger partial charge is 0.220 e. The summed E-state index contributed by atoms with van der Waals surface area (Å²) in [6, 6.07) is -0.673. The first-order chi connectivity index (χ1) is 18.2. The average molecular weight is 516 g/mol. The monoisotopic (exact) mass is 515 g/mol. The van der Waals surface area contributed by atoms with E-state index >= 15 is 0 Å². The molecule has 0 aromatic heterocycles. The van der Waals surface area contributed by atoms with Crippen LogP contribution >= 0.6 is 0 Å². The van der Waals surface area contributed by atoms with Crippen LogP contribution in [0.2, 0.25) is 0 Å². The minimum Gasteiger partial charge on any atom is -0.394 e. The van der Waals surface area contributed by atoms with Crippen molar-refractivity contribution < 1.29 is 15.0 Å². The lowest BCUT2D eigenvalue weighted by molar-refractivity contribution is -0.122. The Hall–Kier alpha value is -1.91. The molecule has 0 rings (SSSR count). The van der Waals surface area contributed by atoms with E-state index in [1.807, 2.05) is 12.2 Å². The third-order valence-electron chi connectivity index (χ3n) is 6.21. The summed E-state index contributed by atoms with van der Waals surface area (Å²) in [7, 11) is 0. The molecule has 2 atom stereocenters. The summed E-state index contributed by atoms with van der Waals surface area (Å²) in [6.07, 6.45) is 38.7. The molecule has 0 heterocycles. The van der Waals surface area contributed by atoms with Crippen molar-refractivity contribution in [2.45, 2.75) is 135 Å². The summed E-state index contributed by atoms with van der Waals surface area (Å²) in [4.78, 5) is 12.2. The third-order valence-corrected chi connectivity index (χ3v) is 6.21. The lowest BCUT2D eigenvalue weighted by Crippen LogP contribution is -2.45. The number of carbonyl (C=O) groups excluding carboxylic acids is 1. The van der Waals surface area contributed by atoms with Gasteiger partial charge in [0.25, 0.3) is 0 Å². The molecule has 0 radical (unpaired) electrons. The fourth-order valence-corrected chi connectivity index (χ4v) is 3.83. The van der Waals surface area contributed by atoms with E-state index in [1.54, 1.807) is 6.08 Å². The van der Waals surface area contributed by atoms with Crippen molar-refractivity contribution in [3.05, 3.63) is 60.8 Å². The molecule has 0 aliphatic carbocycles. The molecular weight excluding hydrogens is 458 g/mol. The van der Waals surface area contributed by atoms with E-state index in [1.165, 1.54) is 57.8 Å². The maximum absolute atomic E-state index is 12.2. The molecule has 3 N–H and O–H groups in total. The zero-order chi connectivity index (χ0) is 27.2. The van der Waals surface area contributed by atoms with Crippen molar-refractivity contribution in [3.8, 4) is 0 Å². The quantitative estimate of drug-likeness (QED) is 0.0846. The van der Waals surface area contributed by atoms with Crippen LogP contribution in [0.5, 0.6) is 0 Å². The summed E-state index contributed by atoms with van der Waals surface area (Å²) >= 11 is 0. The number of allylic oxidation sites excluding steroid dienone is 9. The average Bonchev–Trinajstić information content (AvgIpc) is 2.90. The Morgan fingerprint density at radius 3 is 1.81 bits per heavy atom. The number of hydrogen-bond donors (Lipinski definition) is 3. The molecule has 212 valence electrons. The molecule has 0 fully saturated rings. The second-order valence-corrected chi connectivity index (χ2v) is 9.79. The van der Waals surface area contributed by atoms with Crippen molar-refractivity contribution in [2.75, 3.05) is 6.61 Å². The SMILES string of the molecule is CCCC/C=C/CC/C=C/CC/C=C/C(O)C(CO)NC(=O)CC/C=C\C/C=C\CCCCCCCC. The molecule has 0 saturated heterocycles. The molecule has 0 aromatic rings. The Morgan fingerprint density at radius 2 is 1.16 bits per heavy atom. The Morgan fingerprint density at radius 1 is 0.649 bits per heavy atom. The summed E-state index contributed by atoms with van der Waals surface area (Å²) in [5.41, 5.74) is 0. The van der Waals surface area contributed by atoms with Crippen molar-refractivity contribution in [2.24, 2.45) is 0 Å². The predicted octanol–water partition coefficient (Wildman–Crippen LogP) is 8.28. The van der Waals surface area contributed by atoms with Gasteiger partial charge in [-0.15, -0.1) is 0 Å². The molecule has 0 spiro atoms. The van der Waals surface area contributed by atoms with Crippen LogP contribution in [0.4, 0.5) is 0 Å². The van der Waals surface area contributed by atoms with E-state index in [9.17, 15) is 15.0 Å². The molecule has 4 heteroatoms. The van der Waals surface area contributed by atoms with Crippen LogP contribution in [0, 0.1) is 0 Å². The number of hydrogen-bond acceptors (Lipinski definition) is 3. The number of nitrogens with one attached hydrogen (secondary N) is 1. The minimum absolute atomic E-state index is 0.151. The van der Waals surface area contributed by atoms with Gasteiger partial charge in [0.15, 0.2) is 0 Å².